The van der Waals surface area contributed by atoms with E-state index in [-0.39, 0.29) is 25.1 Å². The molecule has 0 spiro atoms. The van der Waals surface area contributed by atoms with Crippen LogP contribution in [0.5, 0.6) is 0 Å². The number of ether oxygens (including phenoxy) is 1. The number of aliphatic carboxylic acids is 1. The highest BCUT2D eigenvalue weighted by Gasteiger charge is 2.55. The Bertz CT molecular complexity index is 973. The first kappa shape index (κ1) is 17.3. The fourth-order valence-electron chi connectivity index (χ4n) is 4.87. The molecule has 5 rings (SSSR count). The molecule has 2 aromatic rings. The Morgan fingerprint density at radius 2 is 1.96 bits per heavy atom. The van der Waals surface area contributed by atoms with Crippen LogP contribution in [0, 0.1) is 11.3 Å². The molecule has 0 unspecified atom stereocenters. The monoisotopic (exact) mass is 378 g/mol. The number of anilines is 1. The minimum atomic E-state index is -0.977. The van der Waals surface area contributed by atoms with Crippen LogP contribution in [-0.4, -0.2) is 48.3 Å². The van der Waals surface area contributed by atoms with Crippen LogP contribution in [0.2, 0.25) is 0 Å². The Kier molecular flexibility index (Phi) is 3.91. The third kappa shape index (κ3) is 2.59. The molecule has 0 bridgehead atoms. The third-order valence-electron chi connectivity index (χ3n) is 6.42. The molecular formula is C22H22N2O4. The number of hydrogen-bond donors (Lipinski definition) is 2. The van der Waals surface area contributed by atoms with Gasteiger partial charge in [0.25, 0.3) is 0 Å². The van der Waals surface area contributed by atoms with Crippen LogP contribution in [0.25, 0.3) is 11.1 Å². The van der Waals surface area contributed by atoms with Crippen LogP contribution in [0.4, 0.5) is 10.5 Å². The number of benzene rings is 2. The minimum Gasteiger partial charge on any atom is -0.481 e. The zero-order valence-electron chi connectivity index (χ0n) is 15.5. The Morgan fingerprint density at radius 3 is 2.79 bits per heavy atom. The van der Waals surface area contributed by atoms with E-state index in [4.69, 9.17) is 4.74 Å². The fraction of sp³-hybridized carbons (Fsp3) is 0.364. The van der Waals surface area contributed by atoms with Gasteiger partial charge in [-0.25, -0.2) is 4.79 Å². The summed E-state index contributed by atoms with van der Waals surface area (Å²) >= 11 is 0. The molecule has 2 fully saturated rings. The largest absolute Gasteiger partial charge is 0.481 e. The number of carboxylic acids is 1. The van der Waals surface area contributed by atoms with Crippen molar-refractivity contribution >= 4 is 17.7 Å². The van der Waals surface area contributed by atoms with Gasteiger partial charge < -0.3 is 20.1 Å². The molecule has 2 N–H and O–H groups in total. The maximum absolute atomic E-state index is 12.8. The second-order valence-corrected chi connectivity index (χ2v) is 8.02. The molecule has 3 aliphatic rings. The van der Waals surface area contributed by atoms with E-state index in [1.54, 1.807) is 4.90 Å². The number of rotatable bonds is 2. The highest BCUT2D eigenvalue weighted by atomic mass is 16.5. The Labute approximate surface area is 163 Å². The van der Waals surface area contributed by atoms with Crippen molar-refractivity contribution in [1.82, 2.24) is 4.90 Å². The van der Waals surface area contributed by atoms with Crippen LogP contribution in [0.15, 0.2) is 42.5 Å². The van der Waals surface area contributed by atoms with Crippen molar-refractivity contribution in [3.8, 4) is 11.1 Å². The quantitative estimate of drug-likeness (QED) is 0.718. The number of hydrogen-bond acceptors (Lipinski definition) is 3. The Hall–Kier alpha value is -2.86. The molecule has 6 heteroatoms. The number of amides is 2. The average Bonchev–Trinajstić information content (AvgIpc) is 3.27. The van der Waals surface area contributed by atoms with Crippen molar-refractivity contribution < 1.29 is 19.4 Å². The molecular weight excluding hydrogens is 356 g/mol. The number of nitrogens with zero attached hydrogens (tertiary/aromatic N) is 1. The van der Waals surface area contributed by atoms with Gasteiger partial charge in [0, 0.05) is 25.4 Å². The first-order valence-corrected chi connectivity index (χ1v) is 9.65. The number of urea groups is 1. The lowest BCUT2D eigenvalue weighted by molar-refractivity contribution is -0.159. The van der Waals surface area contributed by atoms with E-state index in [1.807, 2.05) is 30.3 Å². The first-order chi connectivity index (χ1) is 13.6. The summed E-state index contributed by atoms with van der Waals surface area (Å²) in [6.45, 7) is 1.38. The summed E-state index contributed by atoms with van der Waals surface area (Å²) in [6.07, 6.45) is 1.54. The zero-order valence-corrected chi connectivity index (χ0v) is 15.5. The van der Waals surface area contributed by atoms with Gasteiger partial charge in [-0.05, 0) is 53.1 Å². The standard InChI is InChI=1S/C22H22N2O4/c25-20(26)22-12-24(11-16(22)7-8-28-13-22)21(27)23-17-5-6-19-15(10-17)9-14-3-1-2-4-18(14)19/h1-6,10,16H,7-9,11-13H2,(H,23,27)(H,25,26)/t16-,22+/m0/s1. The predicted molar refractivity (Wildman–Crippen MR) is 104 cm³/mol. The van der Waals surface area contributed by atoms with Gasteiger partial charge in [-0.2, -0.15) is 0 Å². The van der Waals surface area contributed by atoms with E-state index < -0.39 is 11.4 Å². The summed E-state index contributed by atoms with van der Waals surface area (Å²) < 4.78 is 5.44. The highest BCUT2D eigenvalue weighted by Crippen LogP contribution is 2.42. The molecule has 2 heterocycles. The molecule has 2 atom stereocenters. The van der Waals surface area contributed by atoms with E-state index >= 15 is 0 Å². The molecule has 0 aromatic heterocycles. The van der Waals surface area contributed by atoms with Crippen molar-refractivity contribution in [3.05, 3.63) is 53.6 Å². The summed E-state index contributed by atoms with van der Waals surface area (Å²) in [4.78, 5) is 26.3. The van der Waals surface area contributed by atoms with Crippen molar-refractivity contribution in [2.45, 2.75) is 12.8 Å². The van der Waals surface area contributed by atoms with Crippen molar-refractivity contribution in [1.29, 1.82) is 0 Å². The summed E-state index contributed by atoms with van der Waals surface area (Å²) in [5.41, 5.74) is 4.73. The normalized spacial score (nSPS) is 25.0. The number of fused-ring (bicyclic) bond motifs is 4. The lowest BCUT2D eigenvalue weighted by atomic mass is 9.76. The number of nitrogens with one attached hydrogen (secondary N) is 1. The van der Waals surface area contributed by atoms with Gasteiger partial charge in [-0.1, -0.05) is 30.3 Å². The van der Waals surface area contributed by atoms with Gasteiger partial charge >= 0.3 is 12.0 Å². The summed E-state index contributed by atoms with van der Waals surface area (Å²) in [5, 5.41) is 12.7. The van der Waals surface area contributed by atoms with Crippen molar-refractivity contribution in [2.75, 3.05) is 31.6 Å². The summed E-state index contributed by atoms with van der Waals surface area (Å²) in [7, 11) is 0. The van der Waals surface area contributed by atoms with Crippen LogP contribution in [0.3, 0.4) is 0 Å². The molecule has 2 saturated heterocycles. The van der Waals surface area contributed by atoms with E-state index in [2.05, 4.69) is 17.4 Å². The second kappa shape index (κ2) is 6.34. The Morgan fingerprint density at radius 1 is 1.14 bits per heavy atom. The zero-order chi connectivity index (χ0) is 19.3. The van der Waals surface area contributed by atoms with Crippen molar-refractivity contribution in [2.24, 2.45) is 11.3 Å². The number of carboxylic acid groups (broad SMARTS) is 1. The molecule has 0 saturated carbocycles. The Balaban J connectivity index is 1.33. The van der Waals surface area contributed by atoms with Gasteiger partial charge in [0.15, 0.2) is 0 Å². The lowest BCUT2D eigenvalue weighted by Gasteiger charge is -2.33. The highest BCUT2D eigenvalue weighted by molar-refractivity contribution is 5.91. The molecule has 0 radical (unpaired) electrons. The molecule has 2 amide bonds. The lowest BCUT2D eigenvalue weighted by Crippen LogP contribution is -2.46. The van der Waals surface area contributed by atoms with E-state index in [0.717, 1.165) is 12.1 Å². The number of carbonyl (C=O) groups excluding carboxylic acids is 1. The first-order valence-electron chi connectivity index (χ1n) is 9.65. The molecule has 144 valence electrons. The van der Waals surface area contributed by atoms with E-state index in [1.165, 1.54) is 22.3 Å². The van der Waals surface area contributed by atoms with Gasteiger partial charge in [0.2, 0.25) is 0 Å². The summed E-state index contributed by atoms with van der Waals surface area (Å²) in [5.74, 6) is -0.929. The van der Waals surface area contributed by atoms with Crippen LogP contribution in [0.1, 0.15) is 17.5 Å². The third-order valence-corrected chi connectivity index (χ3v) is 6.42. The number of carbonyl (C=O) groups is 2. The summed E-state index contributed by atoms with van der Waals surface area (Å²) in [6, 6.07) is 14.1. The molecule has 6 nitrogen and oxygen atoms in total. The average molecular weight is 378 g/mol. The predicted octanol–water partition coefficient (Wildman–Crippen LogP) is 3.21. The molecule has 2 aliphatic heterocycles. The smallest absolute Gasteiger partial charge is 0.321 e. The maximum Gasteiger partial charge on any atom is 0.321 e. The molecule has 1 aliphatic carbocycles. The fourth-order valence-corrected chi connectivity index (χ4v) is 4.87. The number of likely N-dealkylation sites (tertiary alicyclic amines) is 1. The minimum absolute atomic E-state index is 0.0565. The maximum atomic E-state index is 12.8. The molecule has 28 heavy (non-hydrogen) atoms. The second-order valence-electron chi connectivity index (χ2n) is 8.02. The van der Waals surface area contributed by atoms with E-state index in [9.17, 15) is 14.7 Å². The van der Waals surface area contributed by atoms with Crippen LogP contribution < -0.4 is 5.32 Å². The van der Waals surface area contributed by atoms with Crippen LogP contribution in [-0.2, 0) is 16.0 Å². The van der Waals surface area contributed by atoms with E-state index in [0.29, 0.717) is 19.6 Å². The van der Waals surface area contributed by atoms with Gasteiger partial charge in [-0.3, -0.25) is 4.79 Å². The van der Waals surface area contributed by atoms with Gasteiger partial charge in [-0.15, -0.1) is 0 Å². The van der Waals surface area contributed by atoms with Crippen LogP contribution >= 0.6 is 0 Å². The van der Waals surface area contributed by atoms with Gasteiger partial charge in [0.1, 0.15) is 5.41 Å². The molecule has 2 aromatic carbocycles. The topological polar surface area (TPSA) is 78.9 Å². The SMILES string of the molecule is O=C(Nc1ccc2c(c1)Cc1ccccc1-2)N1C[C@@H]2CCOC[C@]2(C(=O)O)C1. The van der Waals surface area contributed by atoms with Crippen molar-refractivity contribution in [3.63, 3.8) is 0 Å². The van der Waals surface area contributed by atoms with Gasteiger partial charge in [0.05, 0.1) is 6.61 Å².